The molecule has 0 radical (unpaired) electrons. The molecule has 8 saturated heterocycles. The fraction of sp³-hybridized carbons (Fsp3) is 1.00. The summed E-state index contributed by atoms with van der Waals surface area (Å²) < 4.78 is 0. The maximum Gasteiger partial charge on any atom is 0.0147 e. The van der Waals surface area contributed by atoms with Gasteiger partial charge in [0.05, 0.1) is 0 Å². The predicted molar refractivity (Wildman–Crippen MR) is 291 cm³/mol. The average Bonchev–Trinajstić information content (AvgIpc) is 3.30. The van der Waals surface area contributed by atoms with Crippen molar-refractivity contribution in [1.82, 2.24) is 19.6 Å². The monoisotopic (exact) mass is 901 g/mol. The zero-order valence-corrected chi connectivity index (χ0v) is 48.2. The smallest absolute Gasteiger partial charge is 0.0147 e. The number of hydrogen-bond acceptors (Lipinski definition) is 4. The average molecular weight is 902 g/mol. The quantitative estimate of drug-likeness (QED) is 0.240. The highest BCUT2D eigenvalue weighted by Crippen LogP contribution is 2.43. The molecule has 384 valence electrons. The van der Waals surface area contributed by atoms with Crippen molar-refractivity contribution in [2.75, 3.05) is 45.8 Å². The van der Waals surface area contributed by atoms with Crippen LogP contribution in [-0.4, -0.2) is 95.6 Å². The molecule has 4 heteroatoms. The van der Waals surface area contributed by atoms with E-state index in [1.165, 1.54) is 181 Å². The van der Waals surface area contributed by atoms with E-state index in [1.54, 1.807) is 0 Å². The fourth-order valence-electron chi connectivity index (χ4n) is 13.1. The second-order valence-corrected chi connectivity index (χ2v) is 25.0. The van der Waals surface area contributed by atoms with E-state index in [0.29, 0.717) is 21.7 Å². The number of nitrogens with zero attached hydrogens (tertiary/aromatic N) is 4. The first-order valence-electron chi connectivity index (χ1n) is 29.3. The Balaban J connectivity index is 0.000000405. The molecule has 0 amide bonds. The summed E-state index contributed by atoms with van der Waals surface area (Å²) in [6.45, 7) is 54.6. The van der Waals surface area contributed by atoms with Crippen LogP contribution in [0, 0.1) is 39.4 Å². The minimum Gasteiger partial charge on any atom is -0.300 e. The van der Waals surface area contributed by atoms with Gasteiger partial charge in [-0.1, -0.05) is 171 Å². The first-order chi connectivity index (χ1) is 30.3. The van der Waals surface area contributed by atoms with Gasteiger partial charge in [0.15, 0.2) is 0 Å². The van der Waals surface area contributed by atoms with Crippen LogP contribution in [0.4, 0.5) is 0 Å². The standard InChI is InChI=1S/4C13H25N.4C2H6/c1-13(2,3)11-7-6-10-14-9-5-4-8-12(11)14;1-13(2,3)12-9-6-8-11-7-4-5-10-14(11)12;1-13(2,3)11-7-8-12-6-4-5-9-14(12)10-11;1-13(2,3)11-7-9-14-8-5-4-6-12(14)10-11;4*1-2/h4*11-12H,4-10H2,1-3H3;4*1-2H3. The van der Waals surface area contributed by atoms with Gasteiger partial charge < -0.3 is 14.7 Å². The lowest BCUT2D eigenvalue weighted by molar-refractivity contribution is -0.00169. The maximum absolute atomic E-state index is 2.83. The first kappa shape index (κ1) is 61.9. The molecule has 64 heavy (non-hydrogen) atoms. The molecule has 0 saturated carbocycles. The minimum absolute atomic E-state index is 0.482. The van der Waals surface area contributed by atoms with Crippen molar-refractivity contribution in [3.63, 3.8) is 0 Å². The topological polar surface area (TPSA) is 13.0 Å². The Kier molecular flexibility index (Phi) is 30.1. The number of rotatable bonds is 0. The van der Waals surface area contributed by atoms with Gasteiger partial charge in [-0.2, -0.15) is 0 Å². The first-order valence-corrected chi connectivity index (χ1v) is 29.3. The lowest BCUT2D eigenvalue weighted by Crippen LogP contribution is -2.54. The van der Waals surface area contributed by atoms with Crippen molar-refractivity contribution in [3.05, 3.63) is 0 Å². The molecule has 0 aromatic carbocycles. The fourth-order valence-corrected chi connectivity index (χ4v) is 13.1. The van der Waals surface area contributed by atoms with E-state index in [0.717, 1.165) is 48.0 Å². The van der Waals surface area contributed by atoms with Crippen LogP contribution >= 0.6 is 0 Å². The van der Waals surface area contributed by atoms with Crippen molar-refractivity contribution < 1.29 is 0 Å². The summed E-state index contributed by atoms with van der Waals surface area (Å²) in [6.07, 6.45) is 30.6. The Morgan fingerprint density at radius 1 is 0.312 bits per heavy atom. The molecule has 4 nitrogen and oxygen atoms in total. The molecule has 0 aromatic heterocycles. The van der Waals surface area contributed by atoms with Gasteiger partial charge >= 0.3 is 0 Å². The van der Waals surface area contributed by atoms with Crippen LogP contribution in [0.1, 0.15) is 273 Å². The molecule has 8 unspecified atom stereocenters. The summed E-state index contributed by atoms with van der Waals surface area (Å²) in [6, 6.07) is 4.57. The third kappa shape index (κ3) is 20.4. The Labute approximate surface area is 406 Å². The van der Waals surface area contributed by atoms with Gasteiger partial charge in [0.2, 0.25) is 0 Å². The van der Waals surface area contributed by atoms with Gasteiger partial charge in [-0.05, 0) is 181 Å². The molecule has 0 spiro atoms. The van der Waals surface area contributed by atoms with E-state index >= 15 is 0 Å². The van der Waals surface area contributed by atoms with Crippen LogP contribution < -0.4 is 0 Å². The number of piperidine rings is 8. The highest BCUT2D eigenvalue weighted by Gasteiger charge is 2.40. The zero-order chi connectivity index (χ0) is 48.7. The van der Waals surface area contributed by atoms with Crippen LogP contribution in [0.5, 0.6) is 0 Å². The molecule has 0 N–H and O–H groups in total. The van der Waals surface area contributed by atoms with E-state index < -0.39 is 0 Å². The molecule has 8 rings (SSSR count). The molecule has 0 bridgehead atoms. The Hall–Kier alpha value is -0.160. The molecule has 0 aliphatic carbocycles. The number of hydrogen-bond donors (Lipinski definition) is 0. The molecular formula is C60H124N4. The lowest BCUT2D eigenvalue weighted by atomic mass is 9.69. The molecule has 8 fully saturated rings. The largest absolute Gasteiger partial charge is 0.300 e. The summed E-state index contributed by atoms with van der Waals surface area (Å²) in [5.74, 6) is 2.83. The second-order valence-electron chi connectivity index (χ2n) is 25.0. The molecule has 0 aromatic rings. The molecule has 8 atom stereocenters. The lowest BCUT2D eigenvalue weighted by Gasteiger charge is -2.50. The van der Waals surface area contributed by atoms with E-state index in [2.05, 4.69) is 103 Å². The second kappa shape index (κ2) is 31.1. The van der Waals surface area contributed by atoms with Crippen LogP contribution in [0.25, 0.3) is 0 Å². The van der Waals surface area contributed by atoms with Crippen molar-refractivity contribution in [2.45, 2.75) is 304 Å². The summed E-state index contributed by atoms with van der Waals surface area (Å²) in [7, 11) is 0. The van der Waals surface area contributed by atoms with Gasteiger partial charge in [0.1, 0.15) is 0 Å². The summed E-state index contributed by atoms with van der Waals surface area (Å²) in [5, 5.41) is 0. The summed E-state index contributed by atoms with van der Waals surface area (Å²) >= 11 is 0. The van der Waals surface area contributed by atoms with Crippen LogP contribution in [0.3, 0.4) is 0 Å². The van der Waals surface area contributed by atoms with E-state index in [4.69, 9.17) is 0 Å². The van der Waals surface area contributed by atoms with E-state index in [9.17, 15) is 0 Å². The van der Waals surface area contributed by atoms with Gasteiger partial charge in [-0.15, -0.1) is 0 Å². The molecule has 8 aliphatic rings. The Morgan fingerprint density at radius 3 is 1.36 bits per heavy atom. The van der Waals surface area contributed by atoms with Gasteiger partial charge in [0, 0.05) is 36.8 Å². The Bertz CT molecular complexity index is 1020. The molecule has 8 heterocycles. The highest BCUT2D eigenvalue weighted by atomic mass is 15.2. The van der Waals surface area contributed by atoms with Crippen LogP contribution in [0.2, 0.25) is 0 Å². The Morgan fingerprint density at radius 2 is 0.797 bits per heavy atom. The van der Waals surface area contributed by atoms with Crippen LogP contribution in [0.15, 0.2) is 0 Å². The van der Waals surface area contributed by atoms with Crippen molar-refractivity contribution in [1.29, 1.82) is 0 Å². The maximum atomic E-state index is 2.83. The van der Waals surface area contributed by atoms with Crippen molar-refractivity contribution in [2.24, 2.45) is 39.4 Å². The SMILES string of the molecule is CC.CC.CC.CC.CC(C)(C)C1CCC2CCCCN2C1.CC(C)(C)C1CCCC2CCCCN21.CC(C)(C)C1CCCN2CCCCC12.CC(C)(C)C1CCN2CCCCC2C1. The molecular weight excluding hydrogens is 777 g/mol. The number of fused-ring (bicyclic) bond motifs is 4. The van der Waals surface area contributed by atoms with Crippen LogP contribution in [-0.2, 0) is 0 Å². The van der Waals surface area contributed by atoms with Gasteiger partial charge in [-0.25, -0.2) is 0 Å². The van der Waals surface area contributed by atoms with E-state index in [-0.39, 0.29) is 0 Å². The van der Waals surface area contributed by atoms with Gasteiger partial charge in [-0.3, -0.25) is 4.90 Å². The molecule has 8 aliphatic heterocycles. The van der Waals surface area contributed by atoms with Crippen molar-refractivity contribution >= 4 is 0 Å². The minimum atomic E-state index is 0.482. The summed E-state index contributed by atoms with van der Waals surface area (Å²) in [4.78, 5) is 11.1. The van der Waals surface area contributed by atoms with E-state index in [1.807, 2.05) is 55.4 Å². The third-order valence-corrected chi connectivity index (χ3v) is 16.9. The van der Waals surface area contributed by atoms with Crippen molar-refractivity contribution in [3.8, 4) is 0 Å². The zero-order valence-electron chi connectivity index (χ0n) is 48.2. The highest BCUT2D eigenvalue weighted by molar-refractivity contribution is 4.94. The normalized spacial score (nSPS) is 31.3. The summed E-state index contributed by atoms with van der Waals surface area (Å²) in [5.41, 5.74) is 2.04. The predicted octanol–water partition coefficient (Wildman–Crippen LogP) is 17.4. The van der Waals surface area contributed by atoms with Gasteiger partial charge in [0.25, 0.3) is 0 Å². The third-order valence-electron chi connectivity index (χ3n) is 16.9.